The topological polar surface area (TPSA) is 46.6 Å². The maximum Gasteiger partial charge on any atom is 0.243 e. The summed E-state index contributed by atoms with van der Waals surface area (Å²) in [6.45, 7) is 3.03. The number of aryl methyl sites for hydroxylation is 1. The zero-order chi connectivity index (χ0) is 20.9. The predicted octanol–water partition coefficient (Wildman–Crippen LogP) is 4.55. The van der Waals surface area contributed by atoms with Crippen molar-refractivity contribution >= 4 is 10.0 Å². The van der Waals surface area contributed by atoms with Gasteiger partial charge < -0.3 is 4.74 Å². The number of fused-ring (bicyclic) bond motifs is 3. The molecular weight excluding hydrogens is 394 g/mol. The Kier molecular flexibility index (Phi) is 4.68. The first kappa shape index (κ1) is 19.3. The van der Waals surface area contributed by atoms with Gasteiger partial charge in [0.05, 0.1) is 12.0 Å². The highest BCUT2D eigenvalue weighted by Crippen LogP contribution is 2.53. The van der Waals surface area contributed by atoms with E-state index in [0.29, 0.717) is 18.0 Å². The van der Waals surface area contributed by atoms with Crippen LogP contribution in [0.5, 0.6) is 5.75 Å². The monoisotopic (exact) mass is 419 g/mol. The van der Waals surface area contributed by atoms with Gasteiger partial charge in [0.1, 0.15) is 5.75 Å². The van der Waals surface area contributed by atoms with Crippen LogP contribution in [-0.2, 0) is 10.0 Å². The third-order valence-corrected chi connectivity index (χ3v) is 8.47. The van der Waals surface area contributed by atoms with Gasteiger partial charge in [-0.1, -0.05) is 54.1 Å². The van der Waals surface area contributed by atoms with Gasteiger partial charge in [0.25, 0.3) is 0 Å². The van der Waals surface area contributed by atoms with E-state index in [9.17, 15) is 8.42 Å². The molecule has 1 fully saturated rings. The molecule has 0 bridgehead atoms. The molecule has 1 aliphatic heterocycles. The van der Waals surface area contributed by atoms with E-state index >= 15 is 0 Å². The number of hydrogen-bond donors (Lipinski definition) is 0. The van der Waals surface area contributed by atoms with Crippen LogP contribution in [0.1, 0.15) is 34.1 Å². The average molecular weight is 420 g/mol. The minimum atomic E-state index is -3.50. The minimum absolute atomic E-state index is 0.190. The number of methoxy groups -OCH3 is 1. The molecule has 0 spiro atoms. The molecule has 1 saturated heterocycles. The van der Waals surface area contributed by atoms with E-state index in [-0.39, 0.29) is 17.8 Å². The van der Waals surface area contributed by atoms with E-state index in [4.69, 9.17) is 4.74 Å². The summed E-state index contributed by atoms with van der Waals surface area (Å²) in [5.41, 5.74) is 4.88. The second-order valence-electron chi connectivity index (χ2n) is 8.29. The summed E-state index contributed by atoms with van der Waals surface area (Å²) in [7, 11) is -1.84. The molecule has 0 aromatic heterocycles. The first-order valence-corrected chi connectivity index (χ1v) is 11.7. The third-order valence-electron chi connectivity index (χ3n) is 6.62. The fraction of sp³-hybridized carbons (Fsp3) is 0.280. The van der Waals surface area contributed by atoms with Crippen LogP contribution in [0.3, 0.4) is 0 Å². The van der Waals surface area contributed by atoms with Crippen LogP contribution in [0.15, 0.2) is 77.7 Å². The van der Waals surface area contributed by atoms with Crippen LogP contribution in [0.4, 0.5) is 0 Å². The number of ether oxygens (including phenoxy) is 1. The maximum atomic E-state index is 13.3. The van der Waals surface area contributed by atoms with Crippen molar-refractivity contribution in [2.75, 3.05) is 20.2 Å². The minimum Gasteiger partial charge on any atom is -0.497 e. The Bertz CT molecular complexity index is 1170. The molecule has 3 atom stereocenters. The van der Waals surface area contributed by atoms with Gasteiger partial charge in [-0.3, -0.25) is 0 Å². The lowest BCUT2D eigenvalue weighted by Gasteiger charge is -2.22. The van der Waals surface area contributed by atoms with Crippen molar-refractivity contribution in [2.45, 2.75) is 23.7 Å². The van der Waals surface area contributed by atoms with Gasteiger partial charge in [0.15, 0.2) is 0 Å². The molecule has 5 rings (SSSR count). The van der Waals surface area contributed by atoms with Crippen molar-refractivity contribution < 1.29 is 13.2 Å². The molecule has 3 aromatic rings. The Balaban J connectivity index is 1.52. The maximum absolute atomic E-state index is 13.3. The predicted molar refractivity (Wildman–Crippen MR) is 117 cm³/mol. The van der Waals surface area contributed by atoms with Crippen LogP contribution < -0.4 is 4.74 Å². The zero-order valence-electron chi connectivity index (χ0n) is 17.2. The Morgan fingerprint density at radius 3 is 2.20 bits per heavy atom. The molecule has 0 saturated carbocycles. The van der Waals surface area contributed by atoms with Crippen LogP contribution >= 0.6 is 0 Å². The zero-order valence-corrected chi connectivity index (χ0v) is 18.0. The highest BCUT2D eigenvalue weighted by Gasteiger charge is 2.49. The van der Waals surface area contributed by atoms with Crippen molar-refractivity contribution in [1.82, 2.24) is 4.31 Å². The van der Waals surface area contributed by atoms with Gasteiger partial charge in [-0.15, -0.1) is 0 Å². The Morgan fingerprint density at radius 1 is 0.867 bits per heavy atom. The van der Waals surface area contributed by atoms with Crippen molar-refractivity contribution in [3.05, 3.63) is 95.1 Å². The molecule has 30 heavy (non-hydrogen) atoms. The standard InChI is InChI=1S/C25H25NO3S/c1-17-7-13-20(14-8-17)30(27,28)26-15-23-21-5-3-4-6-22(21)25(24(23)16-26)18-9-11-19(29-2)12-10-18/h3-14,23-25H,15-16H2,1-2H3/t23-,24-,25+/m0/s1. The molecular formula is C25H25NO3S. The van der Waals surface area contributed by atoms with Gasteiger partial charge in [-0.25, -0.2) is 8.42 Å². The Labute approximate surface area is 178 Å². The molecule has 2 aliphatic rings. The SMILES string of the molecule is COc1ccc([C@@H]2c3ccccc3[C@@H]3CN(S(=O)(=O)c4ccc(C)cc4)C[C@H]23)cc1. The highest BCUT2D eigenvalue weighted by molar-refractivity contribution is 7.89. The average Bonchev–Trinajstić information content (AvgIpc) is 3.32. The summed E-state index contributed by atoms with van der Waals surface area (Å²) in [6, 6.07) is 23.8. The van der Waals surface area contributed by atoms with Crippen molar-refractivity contribution in [1.29, 1.82) is 0 Å². The van der Waals surface area contributed by atoms with E-state index in [1.54, 1.807) is 23.5 Å². The fourth-order valence-corrected chi connectivity index (χ4v) is 6.62. The Hall–Kier alpha value is -2.63. The smallest absolute Gasteiger partial charge is 0.243 e. The number of nitrogens with zero attached hydrogens (tertiary/aromatic N) is 1. The second-order valence-corrected chi connectivity index (χ2v) is 10.2. The van der Waals surface area contributed by atoms with Crippen LogP contribution in [0, 0.1) is 12.8 Å². The number of hydrogen-bond acceptors (Lipinski definition) is 3. The molecule has 5 heteroatoms. The second kappa shape index (κ2) is 7.25. The lowest BCUT2D eigenvalue weighted by molar-refractivity contribution is 0.414. The normalized spacial score (nSPS) is 23.2. The first-order valence-electron chi connectivity index (χ1n) is 10.3. The molecule has 0 amide bonds. The fourth-order valence-electron chi connectivity index (χ4n) is 5.11. The van der Waals surface area contributed by atoms with E-state index in [2.05, 4.69) is 36.4 Å². The molecule has 4 nitrogen and oxygen atoms in total. The molecule has 3 aromatic carbocycles. The molecule has 0 radical (unpaired) electrons. The van der Waals surface area contributed by atoms with E-state index < -0.39 is 10.0 Å². The quantitative estimate of drug-likeness (QED) is 0.623. The Morgan fingerprint density at radius 2 is 1.53 bits per heavy atom. The lowest BCUT2D eigenvalue weighted by Crippen LogP contribution is -2.30. The van der Waals surface area contributed by atoms with E-state index in [0.717, 1.165) is 11.3 Å². The van der Waals surface area contributed by atoms with Gasteiger partial charge >= 0.3 is 0 Å². The summed E-state index contributed by atoms with van der Waals surface area (Å²) in [6.07, 6.45) is 0. The summed E-state index contributed by atoms with van der Waals surface area (Å²) in [4.78, 5) is 0.377. The number of sulfonamides is 1. The summed E-state index contributed by atoms with van der Waals surface area (Å²) >= 11 is 0. The summed E-state index contributed by atoms with van der Waals surface area (Å²) < 4.78 is 33.6. The molecule has 1 heterocycles. The molecule has 0 unspecified atom stereocenters. The number of benzene rings is 3. The van der Waals surface area contributed by atoms with Crippen molar-refractivity contribution in [3.63, 3.8) is 0 Å². The molecule has 1 aliphatic carbocycles. The first-order chi connectivity index (χ1) is 14.5. The highest BCUT2D eigenvalue weighted by atomic mass is 32.2. The van der Waals surface area contributed by atoms with Gasteiger partial charge in [0.2, 0.25) is 10.0 Å². The van der Waals surface area contributed by atoms with E-state index in [1.165, 1.54) is 16.7 Å². The number of rotatable bonds is 4. The van der Waals surface area contributed by atoms with Crippen molar-refractivity contribution in [2.24, 2.45) is 5.92 Å². The largest absolute Gasteiger partial charge is 0.497 e. The van der Waals surface area contributed by atoms with Gasteiger partial charge in [0, 0.05) is 24.9 Å². The van der Waals surface area contributed by atoms with Crippen LogP contribution in [0.2, 0.25) is 0 Å². The lowest BCUT2D eigenvalue weighted by atomic mass is 9.84. The van der Waals surface area contributed by atoms with Gasteiger partial charge in [-0.05, 0) is 53.8 Å². The van der Waals surface area contributed by atoms with E-state index in [1.807, 2.05) is 31.2 Å². The molecule has 0 N–H and O–H groups in total. The van der Waals surface area contributed by atoms with Crippen LogP contribution in [-0.4, -0.2) is 32.9 Å². The van der Waals surface area contributed by atoms with Crippen molar-refractivity contribution in [3.8, 4) is 5.75 Å². The third kappa shape index (κ3) is 3.04. The summed E-state index contributed by atoms with van der Waals surface area (Å²) in [5, 5.41) is 0. The summed E-state index contributed by atoms with van der Waals surface area (Å²) in [5.74, 6) is 1.47. The van der Waals surface area contributed by atoms with Crippen LogP contribution in [0.25, 0.3) is 0 Å². The van der Waals surface area contributed by atoms with Gasteiger partial charge in [-0.2, -0.15) is 4.31 Å². The molecule has 154 valence electrons.